The van der Waals surface area contributed by atoms with Crippen LogP contribution in [0, 0.1) is 0 Å². The van der Waals surface area contributed by atoms with Gasteiger partial charge in [0.25, 0.3) is 5.91 Å². The maximum Gasteiger partial charge on any atom is 0.322 e. The number of fused-ring (bicyclic) bond motifs is 1. The van der Waals surface area contributed by atoms with E-state index in [4.69, 9.17) is 5.73 Å². The zero-order valence-corrected chi connectivity index (χ0v) is 17.2. The minimum atomic E-state index is -0.689. The van der Waals surface area contributed by atoms with Gasteiger partial charge in [-0.25, -0.2) is 4.79 Å². The van der Waals surface area contributed by atoms with E-state index in [1.54, 1.807) is 0 Å². The number of hydrogen-bond donors (Lipinski definition) is 5. The van der Waals surface area contributed by atoms with Gasteiger partial charge >= 0.3 is 6.03 Å². The highest BCUT2D eigenvalue weighted by Gasteiger charge is 2.37. The van der Waals surface area contributed by atoms with Crippen LogP contribution in [0.3, 0.4) is 0 Å². The standard InChI is InChI=1S/C23H25N5O3/c1-13(29)26-17-4-2-3-14(9-17)10-19(21-22(30)28-23(31)27-21)15-5-6-20-18(11-15)16(7-8-24)12-25-20/h2-6,9,11-12,19,21,25H,7-8,10,24H2,1H3,(H,26,29)(H2,27,28,30,31). The van der Waals surface area contributed by atoms with E-state index in [9.17, 15) is 14.4 Å². The van der Waals surface area contributed by atoms with Gasteiger partial charge in [-0.2, -0.15) is 0 Å². The van der Waals surface area contributed by atoms with Gasteiger partial charge in [-0.05, 0) is 60.3 Å². The predicted octanol–water partition coefficient (Wildman–Crippen LogP) is 2.16. The Hall–Kier alpha value is -3.65. The summed E-state index contributed by atoms with van der Waals surface area (Å²) in [6.45, 7) is 2.00. The van der Waals surface area contributed by atoms with E-state index in [1.165, 1.54) is 6.92 Å². The highest BCUT2D eigenvalue weighted by Crippen LogP contribution is 2.31. The first-order valence-electron chi connectivity index (χ1n) is 10.2. The number of aromatic nitrogens is 1. The summed E-state index contributed by atoms with van der Waals surface area (Å²) in [6.07, 6.45) is 3.21. The van der Waals surface area contributed by atoms with Crippen molar-refractivity contribution in [2.24, 2.45) is 5.73 Å². The number of aromatic amines is 1. The number of rotatable bonds is 7. The van der Waals surface area contributed by atoms with Crippen molar-refractivity contribution in [2.75, 3.05) is 11.9 Å². The Morgan fingerprint density at radius 2 is 2.03 bits per heavy atom. The van der Waals surface area contributed by atoms with Crippen LogP contribution in [0.5, 0.6) is 0 Å². The molecule has 160 valence electrons. The number of amides is 4. The lowest BCUT2D eigenvalue weighted by molar-refractivity contribution is -0.120. The molecular formula is C23H25N5O3. The van der Waals surface area contributed by atoms with Crippen molar-refractivity contribution in [3.63, 3.8) is 0 Å². The molecule has 1 aliphatic heterocycles. The molecule has 0 aliphatic carbocycles. The van der Waals surface area contributed by atoms with Crippen LogP contribution >= 0.6 is 0 Å². The summed E-state index contributed by atoms with van der Waals surface area (Å²) in [5.41, 5.74) is 10.4. The molecule has 0 spiro atoms. The van der Waals surface area contributed by atoms with Gasteiger partial charge < -0.3 is 21.4 Å². The third kappa shape index (κ3) is 4.44. The third-order valence-corrected chi connectivity index (χ3v) is 5.54. The van der Waals surface area contributed by atoms with Crippen molar-refractivity contribution in [3.8, 4) is 0 Å². The second-order valence-corrected chi connectivity index (χ2v) is 7.79. The molecule has 2 aromatic carbocycles. The first-order valence-corrected chi connectivity index (χ1v) is 10.2. The molecule has 0 radical (unpaired) electrons. The van der Waals surface area contributed by atoms with E-state index >= 15 is 0 Å². The minimum Gasteiger partial charge on any atom is -0.361 e. The van der Waals surface area contributed by atoms with Crippen LogP contribution in [-0.4, -0.2) is 35.4 Å². The van der Waals surface area contributed by atoms with Crippen LogP contribution < -0.4 is 21.7 Å². The van der Waals surface area contributed by atoms with Crippen LogP contribution in [0.2, 0.25) is 0 Å². The molecule has 4 rings (SSSR count). The van der Waals surface area contributed by atoms with Gasteiger partial charge in [0.15, 0.2) is 0 Å². The molecule has 2 heterocycles. The molecule has 1 aliphatic rings. The Balaban J connectivity index is 1.72. The van der Waals surface area contributed by atoms with Crippen molar-refractivity contribution in [1.82, 2.24) is 15.6 Å². The third-order valence-electron chi connectivity index (χ3n) is 5.54. The van der Waals surface area contributed by atoms with E-state index in [0.717, 1.165) is 34.0 Å². The average Bonchev–Trinajstić information content (AvgIpc) is 3.28. The van der Waals surface area contributed by atoms with Gasteiger partial charge in [0.1, 0.15) is 6.04 Å². The molecule has 2 unspecified atom stereocenters. The summed E-state index contributed by atoms with van der Waals surface area (Å²) in [5, 5.41) is 8.93. The Labute approximate surface area is 179 Å². The van der Waals surface area contributed by atoms with E-state index in [1.807, 2.05) is 42.6 Å². The van der Waals surface area contributed by atoms with Gasteiger partial charge in [0.2, 0.25) is 5.91 Å². The topological polar surface area (TPSA) is 129 Å². The fourth-order valence-corrected chi connectivity index (χ4v) is 4.17. The summed E-state index contributed by atoms with van der Waals surface area (Å²) in [5.74, 6) is -0.783. The number of urea groups is 1. The highest BCUT2D eigenvalue weighted by atomic mass is 16.2. The molecule has 8 heteroatoms. The Morgan fingerprint density at radius 3 is 2.74 bits per heavy atom. The largest absolute Gasteiger partial charge is 0.361 e. The van der Waals surface area contributed by atoms with Gasteiger partial charge in [-0.15, -0.1) is 0 Å². The van der Waals surface area contributed by atoms with E-state index in [0.29, 0.717) is 18.7 Å². The van der Waals surface area contributed by atoms with Gasteiger partial charge in [0.05, 0.1) is 0 Å². The van der Waals surface area contributed by atoms with Crippen LogP contribution in [-0.2, 0) is 22.4 Å². The smallest absolute Gasteiger partial charge is 0.322 e. The molecule has 0 saturated carbocycles. The average molecular weight is 419 g/mol. The number of nitrogens with one attached hydrogen (secondary N) is 4. The second kappa shape index (κ2) is 8.61. The normalized spacial score (nSPS) is 16.8. The number of carbonyl (C=O) groups excluding carboxylic acids is 3. The number of imide groups is 1. The number of benzene rings is 2. The second-order valence-electron chi connectivity index (χ2n) is 7.79. The fraction of sp³-hybridized carbons (Fsp3) is 0.261. The maximum atomic E-state index is 12.5. The summed E-state index contributed by atoms with van der Waals surface area (Å²) in [4.78, 5) is 39.0. The molecule has 4 amide bonds. The Kier molecular flexibility index (Phi) is 5.73. The number of H-pyrrole nitrogens is 1. The van der Waals surface area contributed by atoms with Crippen LogP contribution in [0.4, 0.5) is 10.5 Å². The first-order chi connectivity index (χ1) is 14.9. The summed E-state index contributed by atoms with van der Waals surface area (Å²) >= 11 is 0. The van der Waals surface area contributed by atoms with Crippen molar-refractivity contribution in [2.45, 2.75) is 31.7 Å². The quantitative estimate of drug-likeness (QED) is 0.376. The zero-order chi connectivity index (χ0) is 22.0. The van der Waals surface area contributed by atoms with Crippen molar-refractivity contribution in [3.05, 3.63) is 65.4 Å². The van der Waals surface area contributed by atoms with Crippen molar-refractivity contribution in [1.29, 1.82) is 0 Å². The number of anilines is 1. The van der Waals surface area contributed by atoms with E-state index < -0.39 is 12.1 Å². The number of nitrogens with two attached hydrogens (primary N) is 1. The van der Waals surface area contributed by atoms with Gasteiger partial charge in [-0.1, -0.05) is 18.2 Å². The maximum absolute atomic E-state index is 12.5. The molecule has 8 nitrogen and oxygen atoms in total. The van der Waals surface area contributed by atoms with Crippen LogP contribution in [0.1, 0.15) is 29.5 Å². The lowest BCUT2D eigenvalue weighted by atomic mass is 9.85. The zero-order valence-electron chi connectivity index (χ0n) is 17.2. The number of carbonyl (C=O) groups is 3. The monoisotopic (exact) mass is 419 g/mol. The van der Waals surface area contributed by atoms with Crippen molar-refractivity contribution < 1.29 is 14.4 Å². The molecule has 0 bridgehead atoms. The SMILES string of the molecule is CC(=O)Nc1cccc(CC(c2ccc3[nH]cc(CCN)c3c2)C2NC(=O)NC2=O)c1. The Morgan fingerprint density at radius 1 is 1.19 bits per heavy atom. The van der Waals surface area contributed by atoms with Gasteiger partial charge in [-0.3, -0.25) is 14.9 Å². The molecule has 2 atom stereocenters. The van der Waals surface area contributed by atoms with Crippen LogP contribution in [0.15, 0.2) is 48.7 Å². The molecule has 6 N–H and O–H groups in total. The van der Waals surface area contributed by atoms with E-state index in [-0.39, 0.29) is 17.7 Å². The van der Waals surface area contributed by atoms with Crippen LogP contribution in [0.25, 0.3) is 10.9 Å². The summed E-state index contributed by atoms with van der Waals surface area (Å²) in [7, 11) is 0. The molecule has 1 aromatic heterocycles. The fourth-order valence-electron chi connectivity index (χ4n) is 4.17. The van der Waals surface area contributed by atoms with Gasteiger partial charge in [0, 0.05) is 35.6 Å². The lowest BCUT2D eigenvalue weighted by Gasteiger charge is -2.23. The molecule has 1 saturated heterocycles. The molecule has 1 fully saturated rings. The van der Waals surface area contributed by atoms with Crippen molar-refractivity contribution >= 4 is 34.4 Å². The molecular weight excluding hydrogens is 394 g/mol. The number of hydrogen-bond acceptors (Lipinski definition) is 4. The summed E-state index contributed by atoms with van der Waals surface area (Å²) in [6, 6.07) is 12.4. The molecule has 31 heavy (non-hydrogen) atoms. The minimum absolute atomic E-state index is 0.151. The lowest BCUT2D eigenvalue weighted by Crippen LogP contribution is -2.36. The Bertz CT molecular complexity index is 1150. The first kappa shape index (κ1) is 20.6. The predicted molar refractivity (Wildman–Crippen MR) is 119 cm³/mol. The molecule has 3 aromatic rings. The summed E-state index contributed by atoms with van der Waals surface area (Å²) < 4.78 is 0. The van der Waals surface area contributed by atoms with E-state index in [2.05, 4.69) is 27.0 Å². The highest BCUT2D eigenvalue weighted by molar-refractivity contribution is 6.04.